The topological polar surface area (TPSA) is 74.8 Å². The van der Waals surface area contributed by atoms with Gasteiger partial charge in [-0.3, -0.25) is 9.89 Å². The minimum atomic E-state index is 0.0403. The van der Waals surface area contributed by atoms with Crippen LogP contribution in [0.15, 0.2) is 11.7 Å². The zero-order valence-corrected chi connectivity index (χ0v) is 12.2. The van der Waals surface area contributed by atoms with E-state index in [0.717, 1.165) is 25.8 Å². The molecule has 2 aromatic heterocycles. The van der Waals surface area contributed by atoms with E-state index in [4.69, 9.17) is 0 Å². The van der Waals surface area contributed by atoms with Gasteiger partial charge in [-0.15, -0.1) is 11.3 Å². The van der Waals surface area contributed by atoms with Gasteiger partial charge in [0.2, 0.25) is 0 Å². The maximum absolute atomic E-state index is 12.6. The number of piperidine rings is 1. The van der Waals surface area contributed by atoms with Crippen LogP contribution >= 0.6 is 11.3 Å². The summed E-state index contributed by atoms with van der Waals surface area (Å²) < 4.78 is 0. The van der Waals surface area contributed by atoms with Gasteiger partial charge in [-0.2, -0.15) is 5.10 Å². The fourth-order valence-electron chi connectivity index (χ4n) is 2.63. The first kappa shape index (κ1) is 13.2. The van der Waals surface area contributed by atoms with E-state index >= 15 is 0 Å². The third kappa shape index (κ3) is 2.45. The van der Waals surface area contributed by atoms with Gasteiger partial charge < -0.3 is 4.90 Å². The summed E-state index contributed by atoms with van der Waals surface area (Å²) in [6, 6.07) is 0.353. The highest BCUT2D eigenvalue weighted by Gasteiger charge is 2.27. The van der Waals surface area contributed by atoms with Crippen LogP contribution in [-0.4, -0.2) is 43.6 Å². The first-order valence-electron chi connectivity index (χ1n) is 6.92. The Balaban J connectivity index is 1.80. The molecule has 1 aliphatic heterocycles. The summed E-state index contributed by atoms with van der Waals surface area (Å²) in [7, 11) is 0. The van der Waals surface area contributed by atoms with Crippen molar-refractivity contribution in [3.8, 4) is 10.8 Å². The number of nitrogens with zero attached hydrogens (tertiary/aromatic N) is 4. The number of thiazole rings is 1. The van der Waals surface area contributed by atoms with E-state index in [0.29, 0.717) is 22.6 Å². The van der Waals surface area contributed by atoms with Crippen LogP contribution in [0, 0.1) is 0 Å². The molecule has 1 atom stereocenters. The van der Waals surface area contributed by atoms with Gasteiger partial charge >= 0.3 is 0 Å². The number of H-pyrrole nitrogens is 1. The van der Waals surface area contributed by atoms with Crippen LogP contribution in [0.1, 0.15) is 43.1 Å². The molecule has 20 heavy (non-hydrogen) atoms. The number of hydrogen-bond donors (Lipinski definition) is 1. The van der Waals surface area contributed by atoms with Gasteiger partial charge in [0.1, 0.15) is 12.0 Å². The van der Waals surface area contributed by atoms with Crippen molar-refractivity contribution < 1.29 is 4.79 Å². The Bertz CT molecular complexity index is 579. The number of carbonyl (C=O) groups excluding carboxylic acids is 1. The van der Waals surface area contributed by atoms with Crippen molar-refractivity contribution in [2.75, 3.05) is 6.54 Å². The van der Waals surface area contributed by atoms with E-state index in [9.17, 15) is 4.79 Å². The molecule has 1 unspecified atom stereocenters. The van der Waals surface area contributed by atoms with Gasteiger partial charge in [-0.1, -0.05) is 6.92 Å². The Morgan fingerprint density at radius 2 is 2.45 bits per heavy atom. The monoisotopic (exact) mass is 291 g/mol. The van der Waals surface area contributed by atoms with E-state index < -0.39 is 0 Å². The molecule has 1 saturated heterocycles. The van der Waals surface area contributed by atoms with Crippen LogP contribution in [0.5, 0.6) is 0 Å². The van der Waals surface area contributed by atoms with Crippen molar-refractivity contribution in [1.82, 2.24) is 25.1 Å². The summed E-state index contributed by atoms with van der Waals surface area (Å²) in [5, 5.41) is 9.08. The Morgan fingerprint density at radius 1 is 1.55 bits per heavy atom. The van der Waals surface area contributed by atoms with E-state index in [1.807, 2.05) is 10.3 Å². The fourth-order valence-corrected chi connectivity index (χ4v) is 3.37. The minimum absolute atomic E-state index is 0.0403. The van der Waals surface area contributed by atoms with Crippen molar-refractivity contribution in [2.24, 2.45) is 0 Å². The summed E-state index contributed by atoms with van der Waals surface area (Å²) in [5.41, 5.74) is 0.516. The molecule has 1 N–H and O–H groups in total. The summed E-state index contributed by atoms with van der Waals surface area (Å²) in [5.74, 6) is 0.651. The molecular weight excluding hydrogens is 274 g/mol. The van der Waals surface area contributed by atoms with E-state index in [-0.39, 0.29) is 5.91 Å². The Hall–Kier alpha value is -1.76. The van der Waals surface area contributed by atoms with Gasteiger partial charge in [-0.05, 0) is 25.7 Å². The molecule has 0 aliphatic carbocycles. The van der Waals surface area contributed by atoms with Gasteiger partial charge in [0.05, 0.1) is 0 Å². The van der Waals surface area contributed by atoms with Crippen molar-refractivity contribution in [1.29, 1.82) is 0 Å². The predicted octanol–water partition coefficient (Wildman–Crippen LogP) is 2.33. The van der Waals surface area contributed by atoms with E-state index in [2.05, 4.69) is 27.1 Å². The summed E-state index contributed by atoms with van der Waals surface area (Å²) in [4.78, 5) is 23.0. The number of likely N-dealkylation sites (tertiary alicyclic amines) is 1. The summed E-state index contributed by atoms with van der Waals surface area (Å²) in [6.45, 7) is 2.98. The molecule has 0 saturated carbocycles. The molecule has 1 fully saturated rings. The molecule has 0 bridgehead atoms. The average Bonchev–Trinajstić information content (AvgIpc) is 3.16. The number of hydrogen-bond acceptors (Lipinski definition) is 5. The number of amides is 1. The quantitative estimate of drug-likeness (QED) is 0.941. The van der Waals surface area contributed by atoms with Gasteiger partial charge in [-0.25, -0.2) is 9.97 Å². The average molecular weight is 291 g/mol. The van der Waals surface area contributed by atoms with Crippen LogP contribution < -0.4 is 0 Å². The molecular formula is C13H17N5OS. The third-order valence-corrected chi connectivity index (χ3v) is 4.55. The lowest BCUT2D eigenvalue weighted by Crippen LogP contribution is -2.43. The third-order valence-electron chi connectivity index (χ3n) is 3.70. The molecule has 0 spiro atoms. The number of carbonyl (C=O) groups is 1. The van der Waals surface area contributed by atoms with Crippen LogP contribution in [0.25, 0.3) is 10.8 Å². The smallest absolute Gasteiger partial charge is 0.273 e. The lowest BCUT2D eigenvalue weighted by Gasteiger charge is -2.34. The fraction of sp³-hybridized carbons (Fsp3) is 0.538. The highest BCUT2D eigenvalue weighted by molar-refractivity contribution is 7.13. The number of aromatic amines is 1. The maximum Gasteiger partial charge on any atom is 0.273 e. The predicted molar refractivity (Wildman–Crippen MR) is 76.5 cm³/mol. The Kier molecular flexibility index (Phi) is 3.77. The Morgan fingerprint density at radius 3 is 3.20 bits per heavy atom. The van der Waals surface area contributed by atoms with E-state index in [1.165, 1.54) is 24.1 Å². The highest BCUT2D eigenvalue weighted by Crippen LogP contribution is 2.24. The highest BCUT2D eigenvalue weighted by atomic mass is 32.1. The van der Waals surface area contributed by atoms with Crippen LogP contribution in [0.3, 0.4) is 0 Å². The SMILES string of the molecule is CCC1CCCCN1C(=O)c1csc(-c2ncn[nH]2)n1. The molecule has 1 aliphatic rings. The number of aromatic nitrogens is 4. The standard InChI is InChI=1S/C13H17N5OS/c1-2-9-5-3-4-6-18(9)13(19)10-7-20-12(16-10)11-14-8-15-17-11/h7-9H,2-6H2,1H3,(H,14,15,17). The second kappa shape index (κ2) is 5.70. The summed E-state index contributed by atoms with van der Waals surface area (Å²) >= 11 is 1.42. The zero-order valence-electron chi connectivity index (χ0n) is 11.4. The molecule has 2 aromatic rings. The first-order valence-corrected chi connectivity index (χ1v) is 7.79. The number of rotatable bonds is 3. The van der Waals surface area contributed by atoms with Crippen molar-refractivity contribution in [2.45, 2.75) is 38.6 Å². The van der Waals surface area contributed by atoms with Gasteiger partial charge in [0.25, 0.3) is 5.91 Å². The lowest BCUT2D eigenvalue weighted by molar-refractivity contribution is 0.0603. The first-order chi connectivity index (χ1) is 9.79. The van der Waals surface area contributed by atoms with Crippen molar-refractivity contribution in [3.05, 3.63) is 17.4 Å². The normalized spacial score (nSPS) is 19.2. The second-order valence-corrected chi connectivity index (χ2v) is 5.79. The van der Waals surface area contributed by atoms with Crippen molar-refractivity contribution in [3.63, 3.8) is 0 Å². The number of nitrogens with one attached hydrogen (secondary N) is 1. The zero-order chi connectivity index (χ0) is 13.9. The molecule has 7 heteroatoms. The molecule has 106 valence electrons. The molecule has 0 radical (unpaired) electrons. The van der Waals surface area contributed by atoms with Crippen LogP contribution in [-0.2, 0) is 0 Å². The van der Waals surface area contributed by atoms with Gasteiger partial charge in [0.15, 0.2) is 10.8 Å². The van der Waals surface area contributed by atoms with Gasteiger partial charge in [0, 0.05) is 18.0 Å². The van der Waals surface area contributed by atoms with Crippen LogP contribution in [0.2, 0.25) is 0 Å². The van der Waals surface area contributed by atoms with Crippen molar-refractivity contribution >= 4 is 17.2 Å². The summed E-state index contributed by atoms with van der Waals surface area (Å²) in [6.07, 6.45) is 5.84. The second-order valence-electron chi connectivity index (χ2n) is 4.93. The lowest BCUT2D eigenvalue weighted by atomic mass is 10.00. The molecule has 1 amide bonds. The van der Waals surface area contributed by atoms with E-state index in [1.54, 1.807) is 0 Å². The largest absolute Gasteiger partial charge is 0.334 e. The van der Waals surface area contributed by atoms with Crippen LogP contribution in [0.4, 0.5) is 0 Å². The maximum atomic E-state index is 12.6. The molecule has 3 rings (SSSR count). The molecule has 0 aromatic carbocycles. The molecule has 3 heterocycles. The Labute approximate surface area is 121 Å². The minimum Gasteiger partial charge on any atom is -0.334 e. The molecule has 6 nitrogen and oxygen atoms in total.